The molecule has 0 saturated heterocycles. The third-order valence-electron chi connectivity index (χ3n) is 1.73. The zero-order valence-corrected chi connectivity index (χ0v) is 9.36. The summed E-state index contributed by atoms with van der Waals surface area (Å²) in [6.45, 7) is 3.86. The number of hydrogen-bond donors (Lipinski definition) is 1. The van der Waals surface area contributed by atoms with E-state index in [0.29, 0.717) is 0 Å². The van der Waals surface area contributed by atoms with E-state index in [1.807, 2.05) is 5.38 Å². The summed E-state index contributed by atoms with van der Waals surface area (Å²) in [5.74, 6) is 0. The minimum absolute atomic E-state index is 0.823. The molecule has 0 atom stereocenters. The predicted octanol–water partition coefficient (Wildman–Crippen LogP) is 1.77. The van der Waals surface area contributed by atoms with Crippen molar-refractivity contribution in [2.24, 2.45) is 0 Å². The van der Waals surface area contributed by atoms with Crippen LogP contribution in [0.15, 0.2) is 11.6 Å². The predicted molar refractivity (Wildman–Crippen MR) is 58.4 cm³/mol. The van der Waals surface area contributed by atoms with E-state index in [0.717, 1.165) is 28.7 Å². The Labute approximate surface area is 90.2 Å². The molecule has 2 aromatic rings. The SMILES string of the molecule is CCNCc1snnc1-c1nccs1. The second-order valence-electron chi connectivity index (χ2n) is 2.66. The number of aromatic nitrogens is 3. The van der Waals surface area contributed by atoms with Gasteiger partial charge >= 0.3 is 0 Å². The van der Waals surface area contributed by atoms with Gasteiger partial charge in [-0.3, -0.25) is 0 Å². The molecule has 0 unspecified atom stereocenters. The van der Waals surface area contributed by atoms with Gasteiger partial charge in [0.25, 0.3) is 0 Å². The average molecular weight is 226 g/mol. The molecule has 14 heavy (non-hydrogen) atoms. The van der Waals surface area contributed by atoms with E-state index >= 15 is 0 Å². The third-order valence-corrected chi connectivity index (χ3v) is 3.23. The number of thiazole rings is 1. The van der Waals surface area contributed by atoms with Crippen LogP contribution in [-0.4, -0.2) is 21.1 Å². The summed E-state index contributed by atoms with van der Waals surface area (Å²) < 4.78 is 3.95. The molecule has 0 aliphatic heterocycles. The van der Waals surface area contributed by atoms with E-state index in [2.05, 4.69) is 26.8 Å². The van der Waals surface area contributed by atoms with Crippen LogP contribution < -0.4 is 5.32 Å². The third kappa shape index (κ3) is 1.97. The van der Waals surface area contributed by atoms with E-state index < -0.39 is 0 Å². The molecule has 6 heteroatoms. The van der Waals surface area contributed by atoms with Crippen molar-refractivity contribution in [3.63, 3.8) is 0 Å². The zero-order valence-electron chi connectivity index (χ0n) is 7.73. The molecular weight excluding hydrogens is 216 g/mol. The van der Waals surface area contributed by atoms with Crippen molar-refractivity contribution in [2.45, 2.75) is 13.5 Å². The van der Waals surface area contributed by atoms with Gasteiger partial charge in [-0.05, 0) is 18.1 Å². The van der Waals surface area contributed by atoms with Crippen molar-refractivity contribution in [1.29, 1.82) is 0 Å². The maximum Gasteiger partial charge on any atom is 0.144 e. The minimum Gasteiger partial charge on any atom is -0.312 e. The van der Waals surface area contributed by atoms with Crippen molar-refractivity contribution >= 4 is 22.9 Å². The standard InChI is InChI=1S/C8H10N4S2/c1-2-9-5-6-7(11-12-14-6)8-10-3-4-13-8/h3-4,9H,2,5H2,1H3. The molecule has 0 aromatic carbocycles. The fourth-order valence-electron chi connectivity index (χ4n) is 1.07. The van der Waals surface area contributed by atoms with E-state index in [1.54, 1.807) is 17.5 Å². The molecule has 2 rings (SSSR count). The lowest BCUT2D eigenvalue weighted by Crippen LogP contribution is -2.11. The molecule has 0 bridgehead atoms. The molecule has 0 amide bonds. The molecule has 0 saturated carbocycles. The number of nitrogens with one attached hydrogen (secondary N) is 1. The highest BCUT2D eigenvalue weighted by molar-refractivity contribution is 7.13. The molecule has 0 aliphatic rings. The van der Waals surface area contributed by atoms with Crippen LogP contribution in [0, 0.1) is 0 Å². The quantitative estimate of drug-likeness (QED) is 0.863. The Morgan fingerprint density at radius 3 is 3.14 bits per heavy atom. The first kappa shape index (κ1) is 9.70. The van der Waals surface area contributed by atoms with Gasteiger partial charge in [-0.25, -0.2) is 4.98 Å². The van der Waals surface area contributed by atoms with Crippen LogP contribution in [0.25, 0.3) is 10.7 Å². The topological polar surface area (TPSA) is 50.7 Å². The van der Waals surface area contributed by atoms with Crippen LogP contribution in [0.3, 0.4) is 0 Å². The molecule has 0 spiro atoms. The van der Waals surface area contributed by atoms with Crippen molar-refractivity contribution in [3.05, 3.63) is 16.5 Å². The lowest BCUT2D eigenvalue weighted by atomic mass is 10.3. The normalized spacial score (nSPS) is 10.6. The molecule has 4 nitrogen and oxygen atoms in total. The zero-order chi connectivity index (χ0) is 9.80. The second kappa shape index (κ2) is 4.59. The van der Waals surface area contributed by atoms with Crippen LogP contribution in [-0.2, 0) is 6.54 Å². The Morgan fingerprint density at radius 1 is 1.50 bits per heavy atom. The minimum atomic E-state index is 0.823. The molecule has 0 radical (unpaired) electrons. The number of nitrogens with zero attached hydrogens (tertiary/aromatic N) is 3. The maximum atomic E-state index is 4.22. The summed E-state index contributed by atoms with van der Waals surface area (Å²) in [5.41, 5.74) is 0.922. The van der Waals surface area contributed by atoms with Crippen molar-refractivity contribution in [2.75, 3.05) is 6.54 Å². The molecule has 0 aliphatic carbocycles. The highest BCUT2D eigenvalue weighted by Gasteiger charge is 2.11. The van der Waals surface area contributed by atoms with Crippen molar-refractivity contribution in [1.82, 2.24) is 19.9 Å². The summed E-state index contributed by atoms with van der Waals surface area (Å²) in [6.07, 6.45) is 1.79. The van der Waals surface area contributed by atoms with Crippen LogP contribution in [0.4, 0.5) is 0 Å². The van der Waals surface area contributed by atoms with E-state index in [1.165, 1.54) is 11.5 Å². The summed E-state index contributed by atoms with van der Waals surface area (Å²) >= 11 is 3.02. The summed E-state index contributed by atoms with van der Waals surface area (Å²) in [5, 5.41) is 10.2. The first-order chi connectivity index (χ1) is 6.92. The van der Waals surface area contributed by atoms with Gasteiger partial charge in [-0.15, -0.1) is 16.4 Å². The number of rotatable bonds is 4. The highest BCUT2D eigenvalue weighted by atomic mass is 32.1. The van der Waals surface area contributed by atoms with E-state index in [9.17, 15) is 0 Å². The van der Waals surface area contributed by atoms with E-state index in [4.69, 9.17) is 0 Å². The lowest BCUT2D eigenvalue weighted by molar-refractivity contribution is 0.735. The van der Waals surface area contributed by atoms with Crippen LogP contribution >= 0.6 is 22.9 Å². The Kier molecular flexibility index (Phi) is 3.18. The Morgan fingerprint density at radius 2 is 2.43 bits per heavy atom. The van der Waals surface area contributed by atoms with Crippen LogP contribution in [0.1, 0.15) is 11.8 Å². The summed E-state index contributed by atoms with van der Waals surface area (Å²) in [7, 11) is 0. The molecule has 2 aromatic heterocycles. The van der Waals surface area contributed by atoms with Gasteiger partial charge in [0.05, 0.1) is 4.88 Å². The Hall–Kier alpha value is -0.850. The van der Waals surface area contributed by atoms with Gasteiger partial charge in [-0.2, -0.15) is 0 Å². The van der Waals surface area contributed by atoms with E-state index in [-0.39, 0.29) is 0 Å². The monoisotopic (exact) mass is 226 g/mol. The van der Waals surface area contributed by atoms with Crippen LogP contribution in [0.2, 0.25) is 0 Å². The van der Waals surface area contributed by atoms with Crippen LogP contribution in [0.5, 0.6) is 0 Å². The number of hydrogen-bond acceptors (Lipinski definition) is 6. The maximum absolute atomic E-state index is 4.22. The van der Waals surface area contributed by atoms with Gasteiger partial charge in [0.15, 0.2) is 0 Å². The molecule has 74 valence electrons. The average Bonchev–Trinajstić information content (AvgIpc) is 2.84. The molecule has 1 N–H and O–H groups in total. The highest BCUT2D eigenvalue weighted by Crippen LogP contribution is 2.25. The first-order valence-corrected chi connectivity index (χ1v) is 5.99. The van der Waals surface area contributed by atoms with Gasteiger partial charge in [0, 0.05) is 18.1 Å². The summed E-state index contributed by atoms with van der Waals surface area (Å²) in [6, 6.07) is 0. The first-order valence-electron chi connectivity index (χ1n) is 4.33. The smallest absolute Gasteiger partial charge is 0.144 e. The van der Waals surface area contributed by atoms with Gasteiger partial charge in [0.2, 0.25) is 0 Å². The largest absolute Gasteiger partial charge is 0.312 e. The second-order valence-corrected chi connectivity index (χ2v) is 4.40. The van der Waals surface area contributed by atoms with Gasteiger partial charge in [-0.1, -0.05) is 11.4 Å². The van der Waals surface area contributed by atoms with Gasteiger partial charge in [0.1, 0.15) is 10.7 Å². The molecular formula is C8H10N4S2. The Bertz CT molecular complexity index is 382. The van der Waals surface area contributed by atoms with Gasteiger partial charge < -0.3 is 5.32 Å². The summed E-state index contributed by atoms with van der Waals surface area (Å²) in [4.78, 5) is 5.38. The lowest BCUT2D eigenvalue weighted by Gasteiger charge is -1.98. The fraction of sp³-hybridized carbons (Fsp3) is 0.375. The fourth-order valence-corrected chi connectivity index (χ4v) is 2.39. The van der Waals surface area contributed by atoms with Crippen molar-refractivity contribution < 1.29 is 0 Å². The molecule has 2 heterocycles. The van der Waals surface area contributed by atoms with Crippen molar-refractivity contribution in [3.8, 4) is 10.7 Å². The molecule has 0 fully saturated rings. The Balaban J connectivity index is 2.22.